The van der Waals surface area contributed by atoms with E-state index in [0.717, 1.165) is 34.0 Å². The summed E-state index contributed by atoms with van der Waals surface area (Å²) in [5.74, 6) is 1.81. The molecular formula is C58H72N2O4S2. The second-order valence-electron chi connectivity index (χ2n) is 17.1. The average Bonchev–Trinajstić information content (AvgIpc) is 3.34. The van der Waals surface area contributed by atoms with E-state index in [1.165, 1.54) is 144 Å². The standard InChI is InChI=1S/C58H72N2O4S2/c1-3-5-7-9-11-13-15-17-19-21-42-65-55-38-34-51(35-39-55)59-45-47-26-30-49(31-27-47)57(61)63-53-24-23-25-54(44-53)64-58(62)50-32-28-48(29-33-50)46-60-52-36-40-56(41-37-52)66-43-22-20-18-16-14-12-10-8-6-4-2/h23-41,44-46H,3-22,42-43H2,1-2H3. The van der Waals surface area contributed by atoms with E-state index in [9.17, 15) is 9.59 Å². The van der Waals surface area contributed by atoms with Crippen LogP contribution in [0.1, 0.15) is 174 Å². The number of hydrogen-bond donors (Lipinski definition) is 0. The molecule has 8 heteroatoms. The number of rotatable bonds is 32. The number of ether oxygens (including phenoxy) is 2. The van der Waals surface area contributed by atoms with Crippen molar-refractivity contribution in [3.63, 3.8) is 0 Å². The maximum Gasteiger partial charge on any atom is 0.343 e. The Balaban J connectivity index is 0.970. The summed E-state index contributed by atoms with van der Waals surface area (Å²) >= 11 is 3.82. The van der Waals surface area contributed by atoms with Crippen molar-refractivity contribution in [1.29, 1.82) is 0 Å². The molecule has 0 saturated carbocycles. The van der Waals surface area contributed by atoms with Crippen LogP contribution in [0.25, 0.3) is 0 Å². The van der Waals surface area contributed by atoms with E-state index in [-0.39, 0.29) is 11.5 Å². The van der Waals surface area contributed by atoms with Gasteiger partial charge in [0, 0.05) is 28.3 Å². The van der Waals surface area contributed by atoms with Crippen molar-refractivity contribution < 1.29 is 19.1 Å². The van der Waals surface area contributed by atoms with Crippen molar-refractivity contribution in [1.82, 2.24) is 0 Å². The highest BCUT2D eigenvalue weighted by Gasteiger charge is 2.12. The van der Waals surface area contributed by atoms with E-state index in [2.05, 4.69) is 48.1 Å². The monoisotopic (exact) mass is 924 g/mol. The summed E-state index contributed by atoms with van der Waals surface area (Å²) in [6.07, 6.45) is 30.7. The number of nitrogens with zero attached hydrogens (tertiary/aromatic N) is 2. The van der Waals surface area contributed by atoms with Gasteiger partial charge in [0.15, 0.2) is 0 Å². The molecule has 0 heterocycles. The van der Waals surface area contributed by atoms with E-state index in [4.69, 9.17) is 9.47 Å². The Morgan fingerprint density at radius 3 is 1.11 bits per heavy atom. The topological polar surface area (TPSA) is 77.3 Å². The van der Waals surface area contributed by atoms with Gasteiger partial charge in [-0.05, 0) is 120 Å². The van der Waals surface area contributed by atoms with E-state index in [1.807, 2.05) is 72.1 Å². The third-order valence-corrected chi connectivity index (χ3v) is 13.6. The van der Waals surface area contributed by atoms with Crippen molar-refractivity contribution >= 4 is 59.3 Å². The Bertz CT molecular complexity index is 2020. The van der Waals surface area contributed by atoms with Gasteiger partial charge >= 0.3 is 11.9 Å². The van der Waals surface area contributed by atoms with Crippen LogP contribution in [-0.2, 0) is 0 Å². The second kappa shape index (κ2) is 31.9. The summed E-state index contributed by atoms with van der Waals surface area (Å²) < 4.78 is 11.3. The van der Waals surface area contributed by atoms with E-state index in [1.54, 1.807) is 54.9 Å². The molecule has 0 aliphatic heterocycles. The minimum Gasteiger partial charge on any atom is -0.423 e. The minimum absolute atomic E-state index is 0.272. The number of benzene rings is 5. The molecule has 6 nitrogen and oxygen atoms in total. The van der Waals surface area contributed by atoms with Crippen LogP contribution in [0.15, 0.2) is 141 Å². The summed E-state index contributed by atoms with van der Waals surface area (Å²) in [7, 11) is 0. The van der Waals surface area contributed by atoms with E-state index >= 15 is 0 Å². The molecule has 0 saturated heterocycles. The summed E-state index contributed by atoms with van der Waals surface area (Å²) in [4.78, 5) is 37.8. The highest BCUT2D eigenvalue weighted by atomic mass is 32.2. The first kappa shape index (κ1) is 52.1. The van der Waals surface area contributed by atoms with E-state index < -0.39 is 11.9 Å². The van der Waals surface area contributed by atoms with Crippen LogP contribution >= 0.6 is 23.5 Å². The number of carbonyl (C=O) groups excluding carboxylic acids is 2. The molecule has 0 radical (unpaired) electrons. The molecular weight excluding hydrogens is 853 g/mol. The quantitative estimate of drug-likeness (QED) is 0.0141. The number of unbranched alkanes of at least 4 members (excludes halogenated alkanes) is 18. The minimum atomic E-state index is -0.514. The lowest BCUT2D eigenvalue weighted by molar-refractivity contribution is 0.0732. The zero-order valence-corrected chi connectivity index (χ0v) is 41.2. The number of thioether (sulfide) groups is 2. The molecule has 5 rings (SSSR count). The summed E-state index contributed by atoms with van der Waals surface area (Å²) in [5, 5.41) is 0. The summed E-state index contributed by atoms with van der Waals surface area (Å²) in [6, 6.07) is 37.4. The van der Waals surface area contributed by atoms with Crippen molar-refractivity contribution in [2.45, 2.75) is 152 Å². The Kier molecular flexibility index (Phi) is 25.2. The smallest absolute Gasteiger partial charge is 0.343 e. The van der Waals surface area contributed by atoms with Gasteiger partial charge in [-0.1, -0.05) is 160 Å². The highest BCUT2D eigenvalue weighted by molar-refractivity contribution is 7.99. The molecule has 0 amide bonds. The van der Waals surface area contributed by atoms with Gasteiger partial charge in [-0.25, -0.2) is 9.59 Å². The van der Waals surface area contributed by atoms with Gasteiger partial charge in [-0.3, -0.25) is 9.98 Å². The highest BCUT2D eigenvalue weighted by Crippen LogP contribution is 2.26. The molecule has 0 N–H and O–H groups in total. The van der Waals surface area contributed by atoms with Crippen LogP contribution in [0, 0.1) is 0 Å². The maximum atomic E-state index is 13.0. The molecule has 0 aliphatic rings. The predicted molar refractivity (Wildman–Crippen MR) is 282 cm³/mol. The molecule has 0 spiro atoms. The van der Waals surface area contributed by atoms with Crippen molar-refractivity contribution in [2.75, 3.05) is 11.5 Å². The van der Waals surface area contributed by atoms with Crippen molar-refractivity contribution in [3.8, 4) is 11.5 Å². The van der Waals surface area contributed by atoms with Crippen molar-refractivity contribution in [3.05, 3.63) is 144 Å². The third kappa shape index (κ3) is 21.1. The van der Waals surface area contributed by atoms with Crippen LogP contribution in [0.5, 0.6) is 11.5 Å². The molecule has 0 atom stereocenters. The number of hydrogen-bond acceptors (Lipinski definition) is 8. The molecule has 5 aromatic rings. The number of aliphatic imine (C=N–C) groups is 2. The zero-order valence-electron chi connectivity index (χ0n) is 39.6. The van der Waals surface area contributed by atoms with Crippen LogP contribution in [0.3, 0.4) is 0 Å². The normalized spacial score (nSPS) is 11.4. The Morgan fingerprint density at radius 2 is 0.758 bits per heavy atom. The first-order valence-electron chi connectivity index (χ1n) is 24.8. The van der Waals surface area contributed by atoms with Gasteiger partial charge < -0.3 is 9.47 Å². The van der Waals surface area contributed by atoms with Gasteiger partial charge in [0.25, 0.3) is 0 Å². The third-order valence-electron chi connectivity index (χ3n) is 11.5. The zero-order chi connectivity index (χ0) is 46.3. The van der Waals surface area contributed by atoms with Gasteiger partial charge in [0.1, 0.15) is 11.5 Å². The molecule has 0 bridgehead atoms. The number of esters is 2. The Hall–Kier alpha value is -4.92. The summed E-state index contributed by atoms with van der Waals surface area (Å²) in [5.41, 5.74) is 4.29. The molecule has 0 aromatic heterocycles. The molecule has 0 unspecified atom stereocenters. The van der Waals surface area contributed by atoms with Gasteiger partial charge in [0.05, 0.1) is 22.5 Å². The lowest BCUT2D eigenvalue weighted by Gasteiger charge is -2.08. The molecule has 0 aliphatic carbocycles. The van der Waals surface area contributed by atoms with Crippen molar-refractivity contribution in [2.24, 2.45) is 9.98 Å². The molecule has 66 heavy (non-hydrogen) atoms. The van der Waals surface area contributed by atoms with E-state index in [0.29, 0.717) is 11.1 Å². The molecule has 350 valence electrons. The first-order chi connectivity index (χ1) is 32.5. The lowest BCUT2D eigenvalue weighted by atomic mass is 10.1. The van der Waals surface area contributed by atoms with Crippen LogP contribution in [0.2, 0.25) is 0 Å². The van der Waals surface area contributed by atoms with Gasteiger partial charge in [-0.2, -0.15) is 0 Å². The van der Waals surface area contributed by atoms with Gasteiger partial charge in [0.2, 0.25) is 0 Å². The van der Waals surface area contributed by atoms with Crippen LogP contribution in [0.4, 0.5) is 11.4 Å². The van der Waals surface area contributed by atoms with Crippen LogP contribution in [-0.4, -0.2) is 35.9 Å². The fourth-order valence-corrected chi connectivity index (χ4v) is 9.28. The second-order valence-corrected chi connectivity index (χ2v) is 19.4. The Morgan fingerprint density at radius 1 is 0.424 bits per heavy atom. The maximum absolute atomic E-state index is 13.0. The van der Waals surface area contributed by atoms with Gasteiger partial charge in [-0.15, -0.1) is 23.5 Å². The largest absolute Gasteiger partial charge is 0.423 e. The first-order valence-corrected chi connectivity index (χ1v) is 26.7. The Labute approximate surface area is 404 Å². The number of carbonyl (C=O) groups is 2. The summed E-state index contributed by atoms with van der Waals surface area (Å²) in [6.45, 7) is 4.54. The fraction of sp³-hybridized carbons (Fsp3) is 0.414. The molecule has 5 aromatic carbocycles. The predicted octanol–water partition coefficient (Wildman–Crippen LogP) is 17.7. The fourth-order valence-electron chi connectivity index (χ4n) is 7.46. The lowest BCUT2D eigenvalue weighted by Crippen LogP contribution is -2.10. The average molecular weight is 925 g/mol. The van der Waals surface area contributed by atoms with Crippen LogP contribution < -0.4 is 9.47 Å². The molecule has 0 fully saturated rings. The SMILES string of the molecule is CCCCCCCCCCCCSc1ccc(N=Cc2ccc(C(=O)Oc3cccc(OC(=O)c4ccc(C=Nc5ccc(SCCCCCCCCCCCC)cc5)cc4)c3)cc2)cc1.